The molecule has 0 aromatic rings. The Balaban J connectivity index is 3.94. The molecular weight excluding hydrogens is 191 g/mol. The van der Waals surface area contributed by atoms with Crippen molar-refractivity contribution in [3.63, 3.8) is 0 Å². The van der Waals surface area contributed by atoms with Crippen LogP contribution in [0.4, 0.5) is 0 Å². The molecule has 0 saturated carbocycles. The van der Waals surface area contributed by atoms with Crippen LogP contribution in [0.1, 0.15) is 13.8 Å². The summed E-state index contributed by atoms with van der Waals surface area (Å²) in [5, 5.41) is 0. The molecule has 5 heteroatoms. The molecule has 0 saturated heterocycles. The third kappa shape index (κ3) is 3.79. The van der Waals surface area contributed by atoms with Crippen LogP contribution in [-0.2, 0) is 14.3 Å². The number of hydrogen-bond acceptors (Lipinski definition) is 3. The van der Waals surface area contributed by atoms with Crippen molar-refractivity contribution in [2.45, 2.75) is 18.4 Å². The molecule has 0 fully saturated rings. The summed E-state index contributed by atoms with van der Waals surface area (Å²) < 4.78 is 7.37. The molecule has 0 aromatic heterocycles. The molecule has 0 unspecified atom stereocenters. The Kier molecular flexibility index (Phi) is 4.81. The second-order valence-corrected chi connectivity index (χ2v) is 2.93. The zero-order valence-electron chi connectivity index (χ0n) is 6.39. The van der Waals surface area contributed by atoms with Gasteiger partial charge in [-0.25, -0.2) is 4.79 Å². The van der Waals surface area contributed by atoms with Gasteiger partial charge in [0.1, 0.15) is 0 Å². The summed E-state index contributed by atoms with van der Waals surface area (Å²) >= 11 is 10.9. The highest BCUT2D eigenvalue weighted by molar-refractivity contribution is 6.56. The van der Waals surface area contributed by atoms with Crippen molar-refractivity contribution in [3.8, 4) is 0 Å². The third-order valence-electron chi connectivity index (χ3n) is 0.839. The van der Waals surface area contributed by atoms with Gasteiger partial charge in [0.05, 0.1) is 6.61 Å². The first-order valence-corrected chi connectivity index (χ1v) is 3.99. The van der Waals surface area contributed by atoms with E-state index in [0.29, 0.717) is 0 Å². The Bertz CT molecular complexity index is 136. The Hall–Kier alpha value is 0.01000. The van der Waals surface area contributed by atoms with E-state index in [1.54, 1.807) is 13.8 Å². The van der Waals surface area contributed by atoms with E-state index in [2.05, 4.69) is 4.74 Å². The summed E-state index contributed by atoms with van der Waals surface area (Å²) in [6.07, 6.45) is 0. The lowest BCUT2D eigenvalue weighted by Crippen LogP contribution is -2.31. The standard InChI is InChI=1S/C6H10Cl2O3/c1-3-10-5(9)6(7,8)11-4-2/h3-4H2,1-2H3. The first kappa shape index (κ1) is 11.0. The number of esters is 1. The SMILES string of the molecule is CCOC(=O)C(Cl)(Cl)OCC. The molecule has 3 nitrogen and oxygen atoms in total. The average molecular weight is 201 g/mol. The minimum atomic E-state index is -1.86. The van der Waals surface area contributed by atoms with Crippen molar-refractivity contribution in [1.82, 2.24) is 0 Å². The largest absolute Gasteiger partial charge is 0.462 e. The first-order valence-electron chi connectivity index (χ1n) is 3.23. The van der Waals surface area contributed by atoms with Gasteiger partial charge >= 0.3 is 10.5 Å². The molecule has 0 amide bonds. The van der Waals surface area contributed by atoms with Crippen LogP contribution in [0.2, 0.25) is 0 Å². The molecule has 0 N–H and O–H groups in total. The van der Waals surface area contributed by atoms with Gasteiger partial charge in [0.15, 0.2) is 0 Å². The summed E-state index contributed by atoms with van der Waals surface area (Å²) in [6, 6.07) is 0. The monoisotopic (exact) mass is 200 g/mol. The maximum Gasteiger partial charge on any atom is 0.371 e. The van der Waals surface area contributed by atoms with E-state index >= 15 is 0 Å². The lowest BCUT2D eigenvalue weighted by atomic mass is 10.7. The molecule has 0 aliphatic rings. The number of carbonyl (C=O) groups excluding carboxylic acids is 1. The Morgan fingerprint density at radius 3 is 2.27 bits per heavy atom. The molecule has 0 atom stereocenters. The van der Waals surface area contributed by atoms with Gasteiger partial charge < -0.3 is 9.47 Å². The molecule has 0 aliphatic heterocycles. The second kappa shape index (κ2) is 4.80. The molecule has 11 heavy (non-hydrogen) atoms. The van der Waals surface area contributed by atoms with Crippen LogP contribution in [0.15, 0.2) is 0 Å². The van der Waals surface area contributed by atoms with Gasteiger partial charge in [0.25, 0.3) is 0 Å². The molecule has 0 heterocycles. The highest BCUT2D eigenvalue weighted by Crippen LogP contribution is 2.23. The zero-order valence-corrected chi connectivity index (χ0v) is 7.91. The Morgan fingerprint density at radius 2 is 1.91 bits per heavy atom. The van der Waals surface area contributed by atoms with Crippen molar-refractivity contribution in [3.05, 3.63) is 0 Å². The molecular formula is C6H10Cl2O3. The fourth-order valence-corrected chi connectivity index (χ4v) is 0.783. The van der Waals surface area contributed by atoms with Gasteiger partial charge in [-0.3, -0.25) is 0 Å². The van der Waals surface area contributed by atoms with Crippen molar-refractivity contribution < 1.29 is 14.3 Å². The van der Waals surface area contributed by atoms with E-state index in [1.165, 1.54) is 0 Å². The van der Waals surface area contributed by atoms with Crippen LogP contribution in [0, 0.1) is 0 Å². The predicted octanol–water partition coefficient (Wildman–Crippen LogP) is 1.72. The molecule has 0 aliphatic carbocycles. The van der Waals surface area contributed by atoms with Crippen LogP contribution in [0.3, 0.4) is 0 Å². The zero-order chi connectivity index (χ0) is 8.91. The van der Waals surface area contributed by atoms with Gasteiger partial charge in [0.2, 0.25) is 0 Å². The van der Waals surface area contributed by atoms with Crippen molar-refractivity contribution in [1.29, 1.82) is 0 Å². The molecule has 0 rings (SSSR count). The van der Waals surface area contributed by atoms with Crippen LogP contribution in [0.25, 0.3) is 0 Å². The van der Waals surface area contributed by atoms with Crippen LogP contribution >= 0.6 is 23.2 Å². The van der Waals surface area contributed by atoms with Crippen molar-refractivity contribution >= 4 is 29.2 Å². The highest BCUT2D eigenvalue weighted by Gasteiger charge is 2.36. The van der Waals surface area contributed by atoms with Crippen molar-refractivity contribution in [2.24, 2.45) is 0 Å². The topological polar surface area (TPSA) is 35.5 Å². The van der Waals surface area contributed by atoms with E-state index in [1.807, 2.05) is 0 Å². The van der Waals surface area contributed by atoms with E-state index in [-0.39, 0.29) is 13.2 Å². The highest BCUT2D eigenvalue weighted by atomic mass is 35.5. The molecule has 0 aromatic carbocycles. The maximum atomic E-state index is 10.8. The van der Waals surface area contributed by atoms with Crippen LogP contribution in [0.5, 0.6) is 0 Å². The molecule has 66 valence electrons. The number of rotatable bonds is 4. The summed E-state index contributed by atoms with van der Waals surface area (Å²) in [6.45, 7) is 3.82. The van der Waals surface area contributed by atoms with Gasteiger partial charge in [-0.1, -0.05) is 23.2 Å². The fraction of sp³-hybridized carbons (Fsp3) is 0.833. The van der Waals surface area contributed by atoms with Crippen LogP contribution < -0.4 is 0 Å². The van der Waals surface area contributed by atoms with Gasteiger partial charge in [-0.2, -0.15) is 0 Å². The van der Waals surface area contributed by atoms with Gasteiger partial charge in [0, 0.05) is 6.61 Å². The van der Waals surface area contributed by atoms with Gasteiger partial charge in [-0.05, 0) is 13.8 Å². The minimum Gasteiger partial charge on any atom is -0.462 e. The molecule has 0 radical (unpaired) electrons. The first-order chi connectivity index (χ1) is 5.04. The van der Waals surface area contributed by atoms with E-state index in [4.69, 9.17) is 27.9 Å². The predicted molar refractivity (Wildman–Crippen MR) is 42.7 cm³/mol. The number of ether oxygens (including phenoxy) is 2. The van der Waals surface area contributed by atoms with Crippen LogP contribution in [-0.4, -0.2) is 23.7 Å². The normalized spacial score (nSPS) is 11.3. The minimum absolute atomic E-state index is 0.229. The molecule has 0 bridgehead atoms. The maximum absolute atomic E-state index is 10.8. The smallest absolute Gasteiger partial charge is 0.371 e. The lowest BCUT2D eigenvalue weighted by Gasteiger charge is -2.16. The number of alkyl halides is 2. The summed E-state index contributed by atoms with van der Waals surface area (Å²) in [4.78, 5) is 10.8. The lowest BCUT2D eigenvalue weighted by molar-refractivity contribution is -0.154. The van der Waals surface area contributed by atoms with E-state index < -0.39 is 10.5 Å². The number of hydrogen-bond donors (Lipinski definition) is 0. The second-order valence-electron chi connectivity index (χ2n) is 1.67. The Labute approximate surface area is 75.6 Å². The quantitative estimate of drug-likeness (QED) is 0.513. The summed E-state index contributed by atoms with van der Waals surface area (Å²) in [5.74, 6) is -0.773. The van der Waals surface area contributed by atoms with E-state index in [9.17, 15) is 4.79 Å². The average Bonchev–Trinajstić information content (AvgIpc) is 1.88. The Morgan fingerprint density at radius 1 is 1.36 bits per heavy atom. The fourth-order valence-electron chi connectivity index (χ4n) is 0.455. The third-order valence-corrected chi connectivity index (χ3v) is 1.37. The van der Waals surface area contributed by atoms with Gasteiger partial charge in [-0.15, -0.1) is 0 Å². The van der Waals surface area contributed by atoms with E-state index in [0.717, 1.165) is 0 Å². The number of carbonyl (C=O) groups is 1. The summed E-state index contributed by atoms with van der Waals surface area (Å²) in [7, 11) is 0. The number of halogens is 2. The summed E-state index contributed by atoms with van der Waals surface area (Å²) in [5.41, 5.74) is 0. The molecule has 0 spiro atoms. The van der Waals surface area contributed by atoms with Crippen molar-refractivity contribution in [2.75, 3.05) is 13.2 Å².